The Morgan fingerprint density at radius 1 is 1.26 bits per heavy atom. The molecule has 7 heteroatoms. The minimum absolute atomic E-state index is 0. The minimum atomic E-state index is 0. The lowest BCUT2D eigenvalue weighted by Crippen LogP contribution is -2.38. The van der Waals surface area contributed by atoms with E-state index in [2.05, 4.69) is 38.5 Å². The van der Waals surface area contributed by atoms with Gasteiger partial charge in [-0.2, -0.15) is 0 Å². The van der Waals surface area contributed by atoms with Crippen LogP contribution in [0.15, 0.2) is 21.6 Å². The Morgan fingerprint density at radius 2 is 2.00 bits per heavy atom. The van der Waals surface area contributed by atoms with Crippen LogP contribution >= 0.6 is 39.9 Å². The van der Waals surface area contributed by atoms with Gasteiger partial charge in [0.15, 0.2) is 17.5 Å². The summed E-state index contributed by atoms with van der Waals surface area (Å²) in [4.78, 5) is 4.63. The number of rotatable bonds is 7. The van der Waals surface area contributed by atoms with E-state index in [0.717, 1.165) is 35.0 Å². The third kappa shape index (κ3) is 6.37. The lowest BCUT2D eigenvalue weighted by molar-refractivity contribution is 0.352. The smallest absolute Gasteiger partial charge is 0.191 e. The minimum Gasteiger partial charge on any atom is -0.493 e. The first-order valence-corrected chi connectivity index (χ1v) is 8.39. The SMILES string of the molecule is CCNC(=NCc1cc(Br)c(OC)c(OC)c1)NCC1CC1.I. The highest BCUT2D eigenvalue weighted by atomic mass is 127. The monoisotopic (exact) mass is 497 g/mol. The first-order valence-electron chi connectivity index (χ1n) is 7.60. The molecule has 0 radical (unpaired) electrons. The third-order valence-corrected chi connectivity index (χ3v) is 4.10. The third-order valence-electron chi connectivity index (χ3n) is 3.51. The van der Waals surface area contributed by atoms with Crippen LogP contribution in [0, 0.1) is 5.92 Å². The number of halogens is 2. The van der Waals surface area contributed by atoms with Crippen LogP contribution in [0.1, 0.15) is 25.3 Å². The fourth-order valence-electron chi connectivity index (χ4n) is 2.14. The Bertz CT molecular complexity index is 536. The number of hydrogen-bond donors (Lipinski definition) is 2. The van der Waals surface area contributed by atoms with Gasteiger partial charge in [-0.25, -0.2) is 4.99 Å². The van der Waals surface area contributed by atoms with Crippen molar-refractivity contribution in [1.82, 2.24) is 10.6 Å². The first kappa shape index (κ1) is 20.3. The Kier molecular flexibility index (Phi) is 9.04. The van der Waals surface area contributed by atoms with Gasteiger partial charge in [-0.3, -0.25) is 0 Å². The average Bonchev–Trinajstić information content (AvgIpc) is 3.33. The summed E-state index contributed by atoms with van der Waals surface area (Å²) in [6, 6.07) is 3.97. The van der Waals surface area contributed by atoms with Crippen molar-refractivity contribution >= 4 is 45.9 Å². The molecule has 0 atom stereocenters. The molecule has 130 valence electrons. The van der Waals surface area contributed by atoms with E-state index >= 15 is 0 Å². The summed E-state index contributed by atoms with van der Waals surface area (Å²) in [6.45, 7) is 4.51. The van der Waals surface area contributed by atoms with Gasteiger partial charge >= 0.3 is 0 Å². The van der Waals surface area contributed by atoms with Crippen molar-refractivity contribution in [2.75, 3.05) is 27.3 Å². The van der Waals surface area contributed by atoms with Gasteiger partial charge in [0.1, 0.15) is 0 Å². The molecule has 23 heavy (non-hydrogen) atoms. The second-order valence-electron chi connectivity index (χ2n) is 5.33. The molecule has 0 aliphatic heterocycles. The maximum atomic E-state index is 5.36. The fraction of sp³-hybridized carbons (Fsp3) is 0.562. The van der Waals surface area contributed by atoms with Crippen molar-refractivity contribution in [2.24, 2.45) is 10.9 Å². The molecule has 0 bridgehead atoms. The van der Waals surface area contributed by atoms with Crippen LogP contribution in [-0.2, 0) is 6.54 Å². The number of guanidine groups is 1. The van der Waals surface area contributed by atoms with Gasteiger partial charge < -0.3 is 20.1 Å². The highest BCUT2D eigenvalue weighted by Crippen LogP contribution is 2.36. The fourth-order valence-corrected chi connectivity index (χ4v) is 2.79. The summed E-state index contributed by atoms with van der Waals surface area (Å²) in [5.74, 6) is 3.09. The van der Waals surface area contributed by atoms with Crippen LogP contribution in [0.25, 0.3) is 0 Å². The summed E-state index contributed by atoms with van der Waals surface area (Å²) in [6.07, 6.45) is 2.66. The lowest BCUT2D eigenvalue weighted by atomic mass is 10.2. The van der Waals surface area contributed by atoms with Gasteiger partial charge in [0.2, 0.25) is 0 Å². The topological polar surface area (TPSA) is 54.9 Å². The van der Waals surface area contributed by atoms with Gasteiger partial charge in [-0.05, 0) is 59.3 Å². The maximum absolute atomic E-state index is 5.36. The number of ether oxygens (including phenoxy) is 2. The molecule has 1 fully saturated rings. The largest absolute Gasteiger partial charge is 0.493 e. The molecule has 1 aromatic carbocycles. The van der Waals surface area contributed by atoms with Crippen molar-refractivity contribution in [3.05, 3.63) is 22.2 Å². The standard InChI is InChI=1S/C16H24BrN3O2.HI/c1-4-18-16(19-9-11-5-6-11)20-10-12-7-13(17)15(22-3)14(8-12)21-2;/h7-8,11H,4-6,9-10H2,1-3H3,(H2,18,19,20);1H. The van der Waals surface area contributed by atoms with Gasteiger partial charge in [0.25, 0.3) is 0 Å². The molecule has 0 heterocycles. The Labute approximate surface area is 163 Å². The van der Waals surface area contributed by atoms with Crippen LogP contribution in [0.3, 0.4) is 0 Å². The normalized spacial score (nSPS) is 14.0. The van der Waals surface area contributed by atoms with E-state index < -0.39 is 0 Å². The number of hydrogen-bond acceptors (Lipinski definition) is 3. The molecule has 1 saturated carbocycles. The van der Waals surface area contributed by atoms with Crippen LogP contribution in [0.5, 0.6) is 11.5 Å². The Hall–Kier alpha value is -0.700. The molecule has 0 unspecified atom stereocenters. The molecule has 5 nitrogen and oxygen atoms in total. The number of benzene rings is 1. The van der Waals surface area contributed by atoms with Gasteiger partial charge in [0, 0.05) is 13.1 Å². The maximum Gasteiger partial charge on any atom is 0.191 e. The number of aliphatic imine (C=N–C) groups is 1. The average molecular weight is 498 g/mol. The summed E-state index contributed by atoms with van der Waals surface area (Å²) >= 11 is 3.51. The van der Waals surface area contributed by atoms with Gasteiger partial charge in [0.05, 0.1) is 25.2 Å². The van der Waals surface area contributed by atoms with E-state index in [4.69, 9.17) is 9.47 Å². The quantitative estimate of drug-likeness (QED) is 0.343. The zero-order chi connectivity index (χ0) is 15.9. The molecule has 0 amide bonds. The Balaban J connectivity index is 0.00000264. The molecule has 2 N–H and O–H groups in total. The molecule has 0 aromatic heterocycles. The predicted molar refractivity (Wildman–Crippen MR) is 108 cm³/mol. The molecular weight excluding hydrogens is 473 g/mol. The molecular formula is C16H25BrIN3O2. The van der Waals surface area contributed by atoms with Crippen LogP contribution in [0.4, 0.5) is 0 Å². The van der Waals surface area contributed by atoms with Crippen molar-refractivity contribution in [1.29, 1.82) is 0 Å². The second-order valence-corrected chi connectivity index (χ2v) is 6.19. The summed E-state index contributed by atoms with van der Waals surface area (Å²) < 4.78 is 11.6. The lowest BCUT2D eigenvalue weighted by Gasteiger charge is -2.13. The highest BCUT2D eigenvalue weighted by molar-refractivity contribution is 14.0. The van der Waals surface area contributed by atoms with Crippen LogP contribution in [0.2, 0.25) is 0 Å². The zero-order valence-electron chi connectivity index (χ0n) is 13.8. The van der Waals surface area contributed by atoms with Crippen molar-refractivity contribution < 1.29 is 9.47 Å². The molecule has 1 aromatic rings. The Morgan fingerprint density at radius 3 is 2.57 bits per heavy atom. The zero-order valence-corrected chi connectivity index (χ0v) is 17.7. The number of nitrogens with zero attached hydrogens (tertiary/aromatic N) is 1. The number of methoxy groups -OCH3 is 2. The summed E-state index contributed by atoms with van der Waals surface area (Å²) in [7, 11) is 3.27. The second kappa shape index (κ2) is 10.2. The van der Waals surface area contributed by atoms with Gasteiger partial charge in [-0.1, -0.05) is 0 Å². The van der Waals surface area contributed by atoms with Crippen LogP contribution < -0.4 is 20.1 Å². The first-order chi connectivity index (χ1) is 10.7. The molecule has 0 saturated heterocycles. The van der Waals surface area contributed by atoms with Gasteiger partial charge in [-0.15, -0.1) is 24.0 Å². The summed E-state index contributed by atoms with van der Waals surface area (Å²) in [5.41, 5.74) is 1.06. The van der Waals surface area contributed by atoms with E-state index in [1.54, 1.807) is 14.2 Å². The van der Waals surface area contributed by atoms with E-state index in [1.165, 1.54) is 12.8 Å². The van der Waals surface area contributed by atoms with Crippen molar-refractivity contribution in [2.45, 2.75) is 26.3 Å². The molecule has 2 rings (SSSR count). The summed E-state index contributed by atoms with van der Waals surface area (Å²) in [5, 5.41) is 6.66. The highest BCUT2D eigenvalue weighted by Gasteiger charge is 2.21. The molecule has 1 aliphatic rings. The van der Waals surface area contributed by atoms with E-state index in [-0.39, 0.29) is 24.0 Å². The van der Waals surface area contributed by atoms with E-state index in [1.807, 2.05) is 12.1 Å². The number of nitrogens with one attached hydrogen (secondary N) is 2. The van der Waals surface area contributed by atoms with Crippen LogP contribution in [-0.4, -0.2) is 33.3 Å². The van der Waals surface area contributed by atoms with Crippen molar-refractivity contribution in [3.63, 3.8) is 0 Å². The molecule has 1 aliphatic carbocycles. The van der Waals surface area contributed by atoms with Crippen molar-refractivity contribution in [3.8, 4) is 11.5 Å². The van der Waals surface area contributed by atoms with E-state index in [9.17, 15) is 0 Å². The van der Waals surface area contributed by atoms with E-state index in [0.29, 0.717) is 18.0 Å². The predicted octanol–water partition coefficient (Wildman–Crippen LogP) is 3.55. The molecule has 0 spiro atoms.